The maximum absolute atomic E-state index is 11.6. The number of fused-ring (bicyclic) bond motifs is 1. The molecule has 0 bridgehead atoms. The van der Waals surface area contributed by atoms with E-state index in [0.717, 1.165) is 27.6 Å². The van der Waals surface area contributed by atoms with E-state index in [0.29, 0.717) is 26.1 Å². The Morgan fingerprint density at radius 3 is 2.02 bits per heavy atom. The van der Waals surface area contributed by atoms with Crippen molar-refractivity contribution >= 4 is 16.9 Å². The molecular formula is C32H38N2O5S. The van der Waals surface area contributed by atoms with E-state index in [-0.39, 0.29) is 11.5 Å². The van der Waals surface area contributed by atoms with Gasteiger partial charge in [-0.3, -0.25) is 4.99 Å². The molecule has 6 atom stereocenters. The minimum atomic E-state index is -0.754. The molecule has 0 aliphatic carbocycles. The Labute approximate surface area is 241 Å². The largest absolute Gasteiger partial charge is 0.497 e. The van der Waals surface area contributed by atoms with Crippen LogP contribution >= 0.6 is 11.8 Å². The van der Waals surface area contributed by atoms with Gasteiger partial charge in [0.05, 0.1) is 26.4 Å². The van der Waals surface area contributed by atoms with Gasteiger partial charge in [-0.1, -0.05) is 84.6 Å². The third-order valence-electron chi connectivity index (χ3n) is 7.26. The van der Waals surface area contributed by atoms with E-state index < -0.39 is 24.4 Å². The van der Waals surface area contributed by atoms with Crippen LogP contribution in [0.2, 0.25) is 0 Å². The highest BCUT2D eigenvalue weighted by Crippen LogP contribution is 2.41. The van der Waals surface area contributed by atoms with Gasteiger partial charge in [0.15, 0.2) is 5.17 Å². The number of nitrogens with zero attached hydrogens (tertiary/aromatic N) is 2. The van der Waals surface area contributed by atoms with Crippen LogP contribution in [0.25, 0.3) is 0 Å². The lowest BCUT2D eigenvalue weighted by molar-refractivity contribution is -0.221. The normalized spacial score (nSPS) is 24.7. The van der Waals surface area contributed by atoms with Crippen LogP contribution in [-0.4, -0.2) is 72.3 Å². The van der Waals surface area contributed by atoms with Gasteiger partial charge < -0.3 is 29.0 Å². The summed E-state index contributed by atoms with van der Waals surface area (Å²) in [4.78, 5) is 6.99. The predicted octanol–water partition coefficient (Wildman–Crippen LogP) is 4.92. The second-order valence-corrected chi connectivity index (χ2v) is 11.4. The number of amidine groups is 1. The summed E-state index contributed by atoms with van der Waals surface area (Å²) in [6, 6.07) is 27.9. The van der Waals surface area contributed by atoms with Gasteiger partial charge in [-0.2, -0.15) is 0 Å². The molecule has 1 N–H and O–H groups in total. The van der Waals surface area contributed by atoms with Crippen LogP contribution < -0.4 is 4.74 Å². The van der Waals surface area contributed by atoms with Crippen molar-refractivity contribution in [3.63, 3.8) is 0 Å². The van der Waals surface area contributed by atoms with Crippen LogP contribution in [0.1, 0.15) is 23.1 Å². The van der Waals surface area contributed by atoms with Crippen molar-refractivity contribution in [1.82, 2.24) is 4.90 Å². The summed E-state index contributed by atoms with van der Waals surface area (Å²) >= 11 is 1.58. The van der Waals surface area contributed by atoms with Gasteiger partial charge in [0, 0.05) is 14.1 Å². The maximum atomic E-state index is 11.6. The third-order valence-corrected chi connectivity index (χ3v) is 8.56. The predicted molar refractivity (Wildman–Crippen MR) is 159 cm³/mol. The molecule has 212 valence electrons. The van der Waals surface area contributed by atoms with E-state index >= 15 is 0 Å². The molecule has 0 amide bonds. The van der Waals surface area contributed by atoms with Crippen molar-refractivity contribution in [3.05, 3.63) is 102 Å². The van der Waals surface area contributed by atoms with E-state index in [4.69, 9.17) is 23.9 Å². The fraction of sp³-hybridized carbons (Fsp3) is 0.406. The SMILES string of the molecule is COc1ccc(CCC(O)C2O[C@@H]3SC(N(C)C)=N[C@@H]3[C@@H](OCc3ccccc3)[C@@H]2OCc2ccccc2)cc1. The van der Waals surface area contributed by atoms with Gasteiger partial charge in [-0.05, 0) is 41.7 Å². The topological polar surface area (TPSA) is 72.8 Å². The Balaban J connectivity index is 1.39. The molecule has 40 heavy (non-hydrogen) atoms. The molecule has 2 unspecified atom stereocenters. The van der Waals surface area contributed by atoms with Gasteiger partial charge in [0.1, 0.15) is 35.5 Å². The molecule has 1 saturated heterocycles. The second-order valence-electron chi connectivity index (χ2n) is 10.4. The quantitative estimate of drug-likeness (QED) is 0.356. The van der Waals surface area contributed by atoms with E-state index in [9.17, 15) is 5.11 Å². The Morgan fingerprint density at radius 1 is 0.850 bits per heavy atom. The van der Waals surface area contributed by atoms with Crippen molar-refractivity contribution in [3.8, 4) is 5.75 Å². The summed E-state index contributed by atoms with van der Waals surface area (Å²) in [5.41, 5.74) is 2.98. The number of aliphatic hydroxyl groups is 1. The van der Waals surface area contributed by atoms with Crippen molar-refractivity contribution in [1.29, 1.82) is 0 Å². The van der Waals surface area contributed by atoms with Crippen molar-refractivity contribution in [2.24, 2.45) is 4.99 Å². The molecule has 2 heterocycles. The zero-order valence-corrected chi connectivity index (χ0v) is 24.1. The molecular weight excluding hydrogens is 524 g/mol. The standard InChI is InChI=1S/C32H38N2O5S/c1-34(2)32-33-27-29(37-20-23-10-6-4-7-11-23)30(38-21-24-12-8-5-9-13-24)28(39-31(27)40-32)26(35)19-16-22-14-17-25(36-3)18-15-22/h4-15,17-18,26-31,35H,16,19-21H2,1-3H3/t26?,27-,28?,29-,30-,31-/m1/s1. The minimum Gasteiger partial charge on any atom is -0.497 e. The highest BCUT2D eigenvalue weighted by molar-refractivity contribution is 8.14. The zero-order valence-electron chi connectivity index (χ0n) is 23.3. The first-order valence-corrected chi connectivity index (χ1v) is 14.6. The van der Waals surface area contributed by atoms with Gasteiger partial charge in [-0.15, -0.1) is 0 Å². The highest BCUT2D eigenvalue weighted by atomic mass is 32.2. The van der Waals surface area contributed by atoms with Gasteiger partial charge in [0.2, 0.25) is 0 Å². The molecule has 7 nitrogen and oxygen atoms in total. The number of rotatable bonds is 11. The number of methoxy groups -OCH3 is 1. The van der Waals surface area contributed by atoms with E-state index in [1.54, 1.807) is 18.9 Å². The maximum Gasteiger partial charge on any atom is 0.161 e. The molecule has 8 heteroatoms. The average molecular weight is 563 g/mol. The number of benzene rings is 3. The Morgan fingerprint density at radius 2 is 1.45 bits per heavy atom. The van der Waals surface area contributed by atoms with Crippen LogP contribution in [0.3, 0.4) is 0 Å². The fourth-order valence-corrected chi connectivity index (χ4v) is 6.20. The summed E-state index contributed by atoms with van der Waals surface area (Å²) < 4.78 is 25.1. The lowest BCUT2D eigenvalue weighted by atomic mass is 9.91. The molecule has 2 aliphatic heterocycles. The van der Waals surface area contributed by atoms with Crippen molar-refractivity contribution in [2.45, 2.75) is 61.9 Å². The molecule has 1 fully saturated rings. The number of hydrogen-bond acceptors (Lipinski definition) is 8. The van der Waals surface area contributed by atoms with Crippen molar-refractivity contribution < 1.29 is 24.1 Å². The Kier molecular flexibility index (Phi) is 9.78. The highest BCUT2D eigenvalue weighted by Gasteiger charge is 2.52. The van der Waals surface area contributed by atoms with Crippen LogP contribution in [0, 0.1) is 0 Å². The molecule has 0 radical (unpaired) electrons. The number of ether oxygens (including phenoxy) is 4. The Hall–Kier alpha value is -2.88. The summed E-state index contributed by atoms with van der Waals surface area (Å²) in [6.07, 6.45) is -1.01. The number of hydrogen-bond donors (Lipinski definition) is 1. The zero-order chi connectivity index (χ0) is 27.9. The lowest BCUT2D eigenvalue weighted by Gasteiger charge is -2.44. The first-order chi connectivity index (χ1) is 19.5. The molecule has 3 aromatic carbocycles. The van der Waals surface area contributed by atoms with E-state index in [1.807, 2.05) is 91.8 Å². The molecule has 0 spiro atoms. The number of aryl methyl sites for hydroxylation is 1. The molecule has 5 rings (SSSR count). The summed E-state index contributed by atoms with van der Waals surface area (Å²) in [7, 11) is 5.62. The average Bonchev–Trinajstić information content (AvgIpc) is 3.43. The van der Waals surface area contributed by atoms with E-state index in [2.05, 4.69) is 12.1 Å². The number of aliphatic hydroxyl groups excluding tert-OH is 1. The molecule has 0 aromatic heterocycles. The summed E-state index contributed by atoms with van der Waals surface area (Å²) in [5, 5.41) is 12.4. The van der Waals surface area contributed by atoms with Gasteiger partial charge in [-0.25, -0.2) is 0 Å². The van der Waals surface area contributed by atoms with Crippen LogP contribution in [0.5, 0.6) is 5.75 Å². The molecule has 0 saturated carbocycles. The molecule has 3 aromatic rings. The van der Waals surface area contributed by atoms with Gasteiger partial charge in [0.25, 0.3) is 0 Å². The number of thioether (sulfide) groups is 1. The van der Waals surface area contributed by atoms with Crippen LogP contribution in [0.15, 0.2) is 89.9 Å². The van der Waals surface area contributed by atoms with Crippen molar-refractivity contribution in [2.75, 3.05) is 21.2 Å². The van der Waals surface area contributed by atoms with E-state index in [1.165, 1.54) is 0 Å². The lowest BCUT2D eigenvalue weighted by Crippen LogP contribution is -2.60. The fourth-order valence-electron chi connectivity index (χ4n) is 5.06. The minimum absolute atomic E-state index is 0.253. The van der Waals surface area contributed by atoms with Gasteiger partial charge >= 0.3 is 0 Å². The smallest absolute Gasteiger partial charge is 0.161 e. The Bertz CT molecular complexity index is 1230. The first-order valence-electron chi connectivity index (χ1n) is 13.7. The van der Waals surface area contributed by atoms with Crippen LogP contribution in [0.4, 0.5) is 0 Å². The number of aliphatic imine (C=N–C) groups is 1. The molecule has 2 aliphatic rings. The first kappa shape index (κ1) is 28.6. The van der Waals surface area contributed by atoms with Crippen LogP contribution in [-0.2, 0) is 33.8 Å². The summed E-state index contributed by atoms with van der Waals surface area (Å²) in [5.74, 6) is 0.814. The monoisotopic (exact) mass is 562 g/mol. The summed E-state index contributed by atoms with van der Waals surface area (Å²) in [6.45, 7) is 0.808. The second kappa shape index (κ2) is 13.7. The third kappa shape index (κ3) is 7.06.